The zero-order chi connectivity index (χ0) is 17.3. The molecule has 2 atom stereocenters. The second-order valence-corrected chi connectivity index (χ2v) is 7.10. The number of carbonyl (C=O) groups is 1. The highest BCUT2D eigenvalue weighted by Gasteiger charge is 2.42. The number of nitrogens with zero attached hydrogens (tertiary/aromatic N) is 2. The van der Waals surface area contributed by atoms with Crippen LogP contribution in [0.1, 0.15) is 19.8 Å². The summed E-state index contributed by atoms with van der Waals surface area (Å²) in [4.78, 5) is 17.1. The predicted octanol–water partition coefficient (Wildman–Crippen LogP) is 1.90. The lowest BCUT2D eigenvalue weighted by Crippen LogP contribution is -2.42. The highest BCUT2D eigenvalue weighted by Crippen LogP contribution is 2.35. The number of amides is 1. The molecule has 2 fully saturated rings. The maximum absolute atomic E-state index is 13.0. The largest absolute Gasteiger partial charge is 0.497 e. The van der Waals surface area contributed by atoms with Gasteiger partial charge in [-0.2, -0.15) is 0 Å². The third-order valence-corrected chi connectivity index (χ3v) is 5.35. The second kappa shape index (κ2) is 7.81. The number of carbonyl (C=O) groups excluding carboxylic acids is 1. The van der Waals surface area contributed by atoms with Gasteiger partial charge in [0.05, 0.1) is 25.9 Å². The number of nitrogens with two attached hydrogens (primary N) is 1. The number of hydrogen-bond acceptors (Lipinski definition) is 5. The number of methoxy groups -OCH3 is 2. The fourth-order valence-corrected chi connectivity index (χ4v) is 3.70. The maximum atomic E-state index is 13.0. The first-order valence-electron chi connectivity index (χ1n) is 8.48. The van der Waals surface area contributed by atoms with Crippen molar-refractivity contribution in [2.45, 2.75) is 25.8 Å². The first kappa shape index (κ1) is 19.8. The molecule has 25 heavy (non-hydrogen) atoms. The molecular weight excluding hydrogens is 342 g/mol. The maximum Gasteiger partial charge on any atom is 0.244 e. The summed E-state index contributed by atoms with van der Waals surface area (Å²) in [7, 11) is 3.23. The molecule has 6 nitrogen and oxygen atoms in total. The molecule has 1 aromatic carbocycles. The topological polar surface area (TPSA) is 68.0 Å². The number of halogens is 1. The van der Waals surface area contributed by atoms with Crippen molar-refractivity contribution in [1.29, 1.82) is 0 Å². The van der Waals surface area contributed by atoms with E-state index >= 15 is 0 Å². The standard InChI is InChI=1S/C18H27N3O3.ClH/c1-18(11-19)5-7-20(12-18)16-4-6-21(17(16)22)13-8-14(23-2)10-15(9-13)24-3;/h8-10,16H,4-7,11-12,19H2,1-3H3;1H. The molecule has 2 aliphatic rings. The Morgan fingerprint density at radius 1 is 1.20 bits per heavy atom. The van der Waals surface area contributed by atoms with Crippen LogP contribution in [0, 0.1) is 5.41 Å². The van der Waals surface area contributed by atoms with Gasteiger partial charge in [0.2, 0.25) is 5.91 Å². The smallest absolute Gasteiger partial charge is 0.244 e. The van der Waals surface area contributed by atoms with Gasteiger partial charge in [0.1, 0.15) is 11.5 Å². The van der Waals surface area contributed by atoms with Gasteiger partial charge in [0, 0.05) is 31.3 Å². The van der Waals surface area contributed by atoms with Gasteiger partial charge in [-0.3, -0.25) is 9.69 Å². The van der Waals surface area contributed by atoms with Crippen LogP contribution in [0.25, 0.3) is 0 Å². The average molecular weight is 370 g/mol. The van der Waals surface area contributed by atoms with Gasteiger partial charge in [-0.15, -0.1) is 12.4 Å². The second-order valence-electron chi connectivity index (χ2n) is 7.10. The number of hydrogen-bond donors (Lipinski definition) is 1. The van der Waals surface area contributed by atoms with Gasteiger partial charge in [-0.25, -0.2) is 0 Å². The van der Waals surface area contributed by atoms with Crippen LogP contribution in [0.2, 0.25) is 0 Å². The molecule has 2 N–H and O–H groups in total. The highest BCUT2D eigenvalue weighted by atomic mass is 35.5. The van der Waals surface area contributed by atoms with Gasteiger partial charge < -0.3 is 20.1 Å². The van der Waals surface area contributed by atoms with Crippen molar-refractivity contribution in [2.75, 3.05) is 45.3 Å². The summed E-state index contributed by atoms with van der Waals surface area (Å²) in [6, 6.07) is 5.54. The molecule has 0 radical (unpaired) electrons. The van der Waals surface area contributed by atoms with E-state index in [1.807, 2.05) is 23.1 Å². The van der Waals surface area contributed by atoms with Crippen LogP contribution in [-0.4, -0.2) is 57.2 Å². The summed E-state index contributed by atoms with van der Waals surface area (Å²) in [6.07, 6.45) is 1.90. The van der Waals surface area contributed by atoms with E-state index in [1.54, 1.807) is 14.2 Å². The van der Waals surface area contributed by atoms with Crippen LogP contribution in [0.3, 0.4) is 0 Å². The van der Waals surface area contributed by atoms with Crippen LogP contribution in [0.15, 0.2) is 18.2 Å². The number of anilines is 1. The van der Waals surface area contributed by atoms with E-state index in [1.165, 1.54) is 0 Å². The summed E-state index contributed by atoms with van der Waals surface area (Å²) >= 11 is 0. The molecule has 140 valence electrons. The van der Waals surface area contributed by atoms with Crippen molar-refractivity contribution in [2.24, 2.45) is 11.1 Å². The van der Waals surface area contributed by atoms with Crippen LogP contribution < -0.4 is 20.1 Å². The number of ether oxygens (including phenoxy) is 2. The van der Waals surface area contributed by atoms with E-state index in [9.17, 15) is 4.79 Å². The van der Waals surface area contributed by atoms with Crippen molar-refractivity contribution >= 4 is 24.0 Å². The van der Waals surface area contributed by atoms with Gasteiger partial charge in [-0.1, -0.05) is 6.92 Å². The Labute approximate surface area is 155 Å². The fourth-order valence-electron chi connectivity index (χ4n) is 3.70. The van der Waals surface area contributed by atoms with Crippen molar-refractivity contribution in [3.05, 3.63) is 18.2 Å². The number of rotatable bonds is 5. The van der Waals surface area contributed by atoms with Gasteiger partial charge >= 0.3 is 0 Å². The molecule has 0 bridgehead atoms. The van der Waals surface area contributed by atoms with E-state index in [4.69, 9.17) is 15.2 Å². The zero-order valence-corrected chi connectivity index (χ0v) is 16.0. The van der Waals surface area contributed by atoms with Crippen LogP contribution >= 0.6 is 12.4 Å². The Balaban J connectivity index is 0.00000225. The van der Waals surface area contributed by atoms with Crippen LogP contribution in [-0.2, 0) is 4.79 Å². The Bertz CT molecular complexity index is 605. The normalized spacial score (nSPS) is 26.6. The summed E-state index contributed by atoms with van der Waals surface area (Å²) in [6.45, 7) is 5.43. The minimum atomic E-state index is -0.0458. The van der Waals surface area contributed by atoms with E-state index in [0.29, 0.717) is 18.0 Å². The molecule has 7 heteroatoms. The molecule has 0 aromatic heterocycles. The van der Waals surface area contributed by atoms with Gasteiger partial charge in [0.15, 0.2) is 0 Å². The molecular formula is C18H28ClN3O3. The lowest BCUT2D eigenvalue weighted by atomic mass is 9.90. The third-order valence-electron chi connectivity index (χ3n) is 5.35. The lowest BCUT2D eigenvalue weighted by molar-refractivity contribution is -0.121. The molecule has 0 aliphatic carbocycles. The van der Waals surface area contributed by atoms with E-state index < -0.39 is 0 Å². The molecule has 2 aliphatic heterocycles. The molecule has 1 aromatic rings. The molecule has 2 heterocycles. The highest BCUT2D eigenvalue weighted by molar-refractivity contribution is 5.99. The van der Waals surface area contributed by atoms with Gasteiger partial charge in [-0.05, 0) is 31.3 Å². The van der Waals surface area contributed by atoms with E-state index in [0.717, 1.165) is 38.2 Å². The van der Waals surface area contributed by atoms with Crippen LogP contribution in [0.5, 0.6) is 11.5 Å². The Morgan fingerprint density at radius 2 is 1.84 bits per heavy atom. The Morgan fingerprint density at radius 3 is 2.36 bits per heavy atom. The van der Waals surface area contributed by atoms with Crippen molar-refractivity contribution in [3.8, 4) is 11.5 Å². The molecule has 2 saturated heterocycles. The van der Waals surface area contributed by atoms with E-state index in [-0.39, 0.29) is 29.8 Å². The Hall–Kier alpha value is -1.50. The Kier molecular flexibility index (Phi) is 6.19. The molecule has 0 saturated carbocycles. The third kappa shape index (κ3) is 3.86. The van der Waals surface area contributed by atoms with Crippen molar-refractivity contribution in [1.82, 2.24) is 4.90 Å². The minimum Gasteiger partial charge on any atom is -0.497 e. The summed E-state index contributed by atoms with van der Waals surface area (Å²) in [5, 5.41) is 0. The summed E-state index contributed by atoms with van der Waals surface area (Å²) < 4.78 is 10.6. The first-order valence-corrected chi connectivity index (χ1v) is 8.48. The monoisotopic (exact) mass is 369 g/mol. The quantitative estimate of drug-likeness (QED) is 0.858. The SMILES string of the molecule is COc1cc(OC)cc(N2CCC(N3CCC(C)(CN)C3)C2=O)c1.Cl. The summed E-state index contributed by atoms with van der Waals surface area (Å²) in [5.74, 6) is 1.54. The van der Waals surface area contributed by atoms with Crippen LogP contribution in [0.4, 0.5) is 5.69 Å². The van der Waals surface area contributed by atoms with Crippen molar-refractivity contribution in [3.63, 3.8) is 0 Å². The first-order chi connectivity index (χ1) is 11.5. The predicted molar refractivity (Wildman–Crippen MR) is 101 cm³/mol. The van der Waals surface area contributed by atoms with Crippen molar-refractivity contribution < 1.29 is 14.3 Å². The molecule has 2 unspecified atom stereocenters. The molecule has 0 spiro atoms. The lowest BCUT2D eigenvalue weighted by Gasteiger charge is -2.26. The van der Waals surface area contributed by atoms with E-state index in [2.05, 4.69) is 11.8 Å². The zero-order valence-electron chi connectivity index (χ0n) is 15.2. The number of benzene rings is 1. The molecule has 1 amide bonds. The van der Waals surface area contributed by atoms with Gasteiger partial charge in [0.25, 0.3) is 0 Å². The summed E-state index contributed by atoms with van der Waals surface area (Å²) in [5.41, 5.74) is 6.86. The molecule has 3 rings (SSSR count). The number of likely N-dealkylation sites (tertiary alicyclic amines) is 1. The average Bonchev–Trinajstić information content (AvgIpc) is 3.18. The minimum absolute atomic E-state index is 0. The fraction of sp³-hybridized carbons (Fsp3) is 0.611.